The van der Waals surface area contributed by atoms with Gasteiger partial charge >= 0.3 is 0 Å². The lowest BCUT2D eigenvalue weighted by molar-refractivity contribution is -0.122. The van der Waals surface area contributed by atoms with Gasteiger partial charge in [-0.05, 0) is 42.9 Å². The van der Waals surface area contributed by atoms with Crippen molar-refractivity contribution in [1.82, 2.24) is 5.32 Å². The smallest absolute Gasteiger partial charge is 0.220 e. The van der Waals surface area contributed by atoms with Gasteiger partial charge in [-0.3, -0.25) is 4.79 Å². The number of carbonyl (C=O) groups excluding carboxylic acids is 1. The molecule has 4 nitrogen and oxygen atoms in total. The third-order valence-corrected chi connectivity index (χ3v) is 6.57. The molecule has 3 aliphatic carbocycles. The van der Waals surface area contributed by atoms with E-state index in [1.807, 2.05) is 0 Å². The van der Waals surface area contributed by atoms with Crippen LogP contribution < -0.4 is 5.32 Å². The van der Waals surface area contributed by atoms with Gasteiger partial charge in [0.2, 0.25) is 5.91 Å². The van der Waals surface area contributed by atoms with Gasteiger partial charge in [-0.25, -0.2) is 8.42 Å². The lowest BCUT2D eigenvalue weighted by Crippen LogP contribution is -2.33. The first-order valence-corrected chi connectivity index (χ1v) is 9.86. The highest BCUT2D eigenvalue weighted by molar-refractivity contribution is 7.90. The first kappa shape index (κ1) is 14.4. The van der Waals surface area contributed by atoms with Crippen LogP contribution in [0.3, 0.4) is 0 Å². The maximum absolute atomic E-state index is 12.2. The van der Waals surface area contributed by atoms with Crippen molar-refractivity contribution < 1.29 is 13.2 Å². The van der Waals surface area contributed by atoms with Crippen LogP contribution in [0.25, 0.3) is 0 Å². The Bertz CT molecular complexity index is 501. The first-order chi connectivity index (χ1) is 9.33. The molecule has 3 aliphatic rings. The molecule has 0 bridgehead atoms. The van der Waals surface area contributed by atoms with Crippen LogP contribution in [-0.2, 0) is 14.6 Å². The Morgan fingerprint density at radius 1 is 1.15 bits per heavy atom. The molecular weight excluding hydrogens is 274 g/mol. The van der Waals surface area contributed by atoms with Crippen LogP contribution in [0.2, 0.25) is 0 Å². The standard InChI is InChI=1S/C15H25NO3S/c1-20(18,19)11-14(7-8-14)10-13(17)16-12-9-15(12)5-3-2-4-6-15/h12H,2-11H2,1H3,(H,16,17). The molecule has 1 atom stereocenters. The predicted molar refractivity (Wildman–Crippen MR) is 78.1 cm³/mol. The molecule has 1 unspecified atom stereocenters. The van der Waals surface area contributed by atoms with Gasteiger partial charge in [-0.2, -0.15) is 0 Å². The van der Waals surface area contributed by atoms with Crippen LogP contribution in [0.15, 0.2) is 0 Å². The van der Waals surface area contributed by atoms with Crippen LogP contribution >= 0.6 is 0 Å². The number of hydrogen-bond acceptors (Lipinski definition) is 3. The van der Waals surface area contributed by atoms with Gasteiger partial charge in [0, 0.05) is 18.7 Å². The van der Waals surface area contributed by atoms with Crippen molar-refractivity contribution in [2.24, 2.45) is 10.8 Å². The molecule has 1 amide bonds. The minimum Gasteiger partial charge on any atom is -0.353 e. The normalized spacial score (nSPS) is 29.9. The van der Waals surface area contributed by atoms with Crippen molar-refractivity contribution in [3.8, 4) is 0 Å². The van der Waals surface area contributed by atoms with E-state index in [4.69, 9.17) is 0 Å². The minimum absolute atomic E-state index is 0.0681. The number of amides is 1. The molecule has 0 aliphatic heterocycles. The predicted octanol–water partition coefficient (Wildman–Crippen LogP) is 2.04. The summed E-state index contributed by atoms with van der Waals surface area (Å²) < 4.78 is 22.8. The topological polar surface area (TPSA) is 63.2 Å². The van der Waals surface area contributed by atoms with Gasteiger partial charge in [-0.15, -0.1) is 0 Å². The molecule has 1 spiro atoms. The van der Waals surface area contributed by atoms with Gasteiger partial charge in [0.25, 0.3) is 0 Å². The van der Waals surface area contributed by atoms with Crippen molar-refractivity contribution in [2.45, 2.75) is 63.8 Å². The second-order valence-corrected chi connectivity index (χ2v) is 9.63. The summed E-state index contributed by atoms with van der Waals surface area (Å²) in [4.78, 5) is 12.2. The van der Waals surface area contributed by atoms with Crippen LogP contribution in [0.1, 0.15) is 57.8 Å². The summed E-state index contributed by atoms with van der Waals surface area (Å²) in [5.41, 5.74) is 0.160. The summed E-state index contributed by atoms with van der Waals surface area (Å²) in [6.07, 6.45) is 11.0. The van der Waals surface area contributed by atoms with Gasteiger partial charge < -0.3 is 5.32 Å². The molecule has 0 heterocycles. The molecule has 3 fully saturated rings. The lowest BCUT2D eigenvalue weighted by atomic mass is 9.85. The van der Waals surface area contributed by atoms with E-state index in [0.717, 1.165) is 19.3 Å². The van der Waals surface area contributed by atoms with Crippen LogP contribution in [0, 0.1) is 10.8 Å². The van der Waals surface area contributed by atoms with Crippen molar-refractivity contribution >= 4 is 15.7 Å². The monoisotopic (exact) mass is 299 g/mol. The van der Waals surface area contributed by atoms with E-state index in [-0.39, 0.29) is 17.1 Å². The van der Waals surface area contributed by atoms with Crippen molar-refractivity contribution in [3.63, 3.8) is 0 Å². The number of carbonyl (C=O) groups is 1. The molecule has 0 aromatic rings. The first-order valence-electron chi connectivity index (χ1n) is 7.80. The Hall–Kier alpha value is -0.580. The minimum atomic E-state index is -2.98. The number of nitrogens with one attached hydrogen (secondary N) is 1. The van der Waals surface area contributed by atoms with E-state index >= 15 is 0 Å². The van der Waals surface area contributed by atoms with Crippen molar-refractivity contribution in [3.05, 3.63) is 0 Å². The van der Waals surface area contributed by atoms with E-state index < -0.39 is 9.84 Å². The molecule has 20 heavy (non-hydrogen) atoms. The zero-order valence-corrected chi connectivity index (χ0v) is 13.1. The highest BCUT2D eigenvalue weighted by Crippen LogP contribution is 2.56. The molecule has 3 saturated carbocycles. The average Bonchev–Trinajstić information content (AvgIpc) is 3.19. The Labute approximate surface area is 121 Å². The molecule has 1 N–H and O–H groups in total. The van der Waals surface area contributed by atoms with E-state index in [0.29, 0.717) is 17.9 Å². The second kappa shape index (κ2) is 4.72. The molecule has 0 aromatic carbocycles. The van der Waals surface area contributed by atoms with Crippen LogP contribution in [0.5, 0.6) is 0 Å². The Kier molecular flexibility index (Phi) is 3.39. The van der Waals surface area contributed by atoms with E-state index in [1.54, 1.807) is 0 Å². The maximum Gasteiger partial charge on any atom is 0.220 e. The summed E-state index contributed by atoms with van der Waals surface area (Å²) in [5, 5.41) is 3.16. The summed E-state index contributed by atoms with van der Waals surface area (Å²) in [7, 11) is -2.98. The number of sulfone groups is 1. The molecule has 0 aromatic heterocycles. The zero-order valence-electron chi connectivity index (χ0n) is 12.3. The fourth-order valence-electron chi connectivity index (χ4n) is 4.05. The Balaban J connectivity index is 1.49. The molecule has 3 rings (SSSR count). The lowest BCUT2D eigenvalue weighted by Gasteiger charge is -2.23. The molecule has 5 heteroatoms. The van der Waals surface area contributed by atoms with Gasteiger partial charge in [-0.1, -0.05) is 19.3 Å². The largest absolute Gasteiger partial charge is 0.353 e. The molecule has 0 radical (unpaired) electrons. The van der Waals surface area contributed by atoms with Gasteiger partial charge in [0.1, 0.15) is 9.84 Å². The van der Waals surface area contributed by atoms with E-state index in [9.17, 15) is 13.2 Å². The third kappa shape index (κ3) is 3.18. The third-order valence-electron chi connectivity index (χ3n) is 5.44. The van der Waals surface area contributed by atoms with Gasteiger partial charge in [0.05, 0.1) is 5.75 Å². The highest BCUT2D eigenvalue weighted by Gasteiger charge is 2.55. The molecule has 0 saturated heterocycles. The Morgan fingerprint density at radius 2 is 1.80 bits per heavy atom. The SMILES string of the molecule is CS(=O)(=O)CC1(CC(=O)NC2CC23CCCCC3)CC1. The van der Waals surface area contributed by atoms with Crippen LogP contribution in [0.4, 0.5) is 0 Å². The second-order valence-electron chi connectivity index (χ2n) is 7.49. The quantitative estimate of drug-likeness (QED) is 0.845. The Morgan fingerprint density at radius 3 is 2.35 bits per heavy atom. The van der Waals surface area contributed by atoms with E-state index in [1.165, 1.54) is 38.4 Å². The highest BCUT2D eigenvalue weighted by atomic mass is 32.2. The fraction of sp³-hybridized carbons (Fsp3) is 0.933. The van der Waals surface area contributed by atoms with Crippen molar-refractivity contribution in [1.29, 1.82) is 0 Å². The summed E-state index contributed by atoms with van der Waals surface area (Å²) in [6, 6.07) is 0.365. The summed E-state index contributed by atoms with van der Waals surface area (Å²) >= 11 is 0. The summed E-state index contributed by atoms with van der Waals surface area (Å²) in [5.74, 6) is 0.238. The number of hydrogen-bond donors (Lipinski definition) is 1. The number of rotatable bonds is 5. The van der Waals surface area contributed by atoms with Crippen LogP contribution in [-0.4, -0.2) is 32.4 Å². The molecule has 114 valence electrons. The average molecular weight is 299 g/mol. The summed E-state index contributed by atoms with van der Waals surface area (Å²) in [6.45, 7) is 0. The molecular formula is C15H25NO3S. The van der Waals surface area contributed by atoms with Gasteiger partial charge in [0.15, 0.2) is 0 Å². The van der Waals surface area contributed by atoms with E-state index in [2.05, 4.69) is 5.32 Å². The maximum atomic E-state index is 12.2. The zero-order chi connectivity index (χ0) is 14.4. The fourth-order valence-corrected chi connectivity index (χ4v) is 5.55. The van der Waals surface area contributed by atoms with Crippen molar-refractivity contribution in [2.75, 3.05) is 12.0 Å².